The molecule has 3 N–H and O–H groups in total. The van der Waals surface area contributed by atoms with E-state index in [2.05, 4.69) is 0 Å². The molecule has 1 rings (SSSR count). The highest BCUT2D eigenvalue weighted by Crippen LogP contribution is 2.21. The first kappa shape index (κ1) is 13.0. The molecule has 0 radical (unpaired) electrons. The number of aliphatic hydroxyl groups excluding tert-OH is 1. The van der Waals surface area contributed by atoms with Crippen LogP contribution in [0.1, 0.15) is 24.5 Å². The lowest BCUT2D eigenvalue weighted by Crippen LogP contribution is -2.41. The molecular formula is C13H21NO2. The van der Waals surface area contributed by atoms with Gasteiger partial charge in [-0.15, -0.1) is 0 Å². The molecule has 3 nitrogen and oxygen atoms in total. The Morgan fingerprint density at radius 3 is 2.62 bits per heavy atom. The maximum absolute atomic E-state index is 9.24. The number of rotatable bonds is 5. The number of benzene rings is 1. The quantitative estimate of drug-likeness (QED) is 0.800. The Hall–Kier alpha value is -1.06. The zero-order valence-corrected chi connectivity index (χ0v) is 10.2. The van der Waals surface area contributed by atoms with Gasteiger partial charge >= 0.3 is 0 Å². The number of aliphatic hydroxyl groups is 1. The fourth-order valence-electron chi connectivity index (χ4n) is 1.52. The van der Waals surface area contributed by atoms with E-state index in [1.807, 2.05) is 39.0 Å². The van der Waals surface area contributed by atoms with Crippen LogP contribution in [0.25, 0.3) is 0 Å². The van der Waals surface area contributed by atoms with Gasteiger partial charge in [-0.25, -0.2) is 0 Å². The summed E-state index contributed by atoms with van der Waals surface area (Å²) >= 11 is 0. The van der Waals surface area contributed by atoms with Crippen molar-refractivity contribution in [2.75, 3.05) is 6.61 Å². The average molecular weight is 223 g/mol. The van der Waals surface area contributed by atoms with E-state index >= 15 is 0 Å². The lowest BCUT2D eigenvalue weighted by atomic mass is 10.1. The van der Waals surface area contributed by atoms with Crippen molar-refractivity contribution in [1.82, 2.24) is 0 Å². The summed E-state index contributed by atoms with van der Waals surface area (Å²) < 4.78 is 5.75. The van der Waals surface area contributed by atoms with E-state index in [9.17, 15) is 5.11 Å². The van der Waals surface area contributed by atoms with Crippen LogP contribution in [0, 0.1) is 13.8 Å². The standard InChI is InChI=1S/C13H21NO2/c1-4-11(14)13(8-15)16-12-7-9(2)5-6-10(12)3/h5-7,11,13,15H,4,8,14H2,1-3H3. The number of aryl methyl sites for hydroxylation is 2. The zero-order chi connectivity index (χ0) is 12.1. The molecule has 0 bridgehead atoms. The minimum Gasteiger partial charge on any atom is -0.486 e. The number of nitrogens with two attached hydrogens (primary N) is 1. The predicted octanol–water partition coefficient (Wildman–Crippen LogP) is 1.78. The van der Waals surface area contributed by atoms with Crippen molar-refractivity contribution in [2.45, 2.75) is 39.3 Å². The summed E-state index contributed by atoms with van der Waals surface area (Å²) in [6.07, 6.45) is 0.460. The van der Waals surface area contributed by atoms with Crippen molar-refractivity contribution in [3.05, 3.63) is 29.3 Å². The molecule has 1 aromatic carbocycles. The normalized spacial score (nSPS) is 14.6. The smallest absolute Gasteiger partial charge is 0.137 e. The lowest BCUT2D eigenvalue weighted by molar-refractivity contribution is 0.0926. The first-order chi connectivity index (χ1) is 7.58. The van der Waals surface area contributed by atoms with Crippen molar-refractivity contribution in [3.8, 4) is 5.75 Å². The molecule has 0 aliphatic heterocycles. The van der Waals surface area contributed by atoms with Gasteiger partial charge in [0.15, 0.2) is 0 Å². The highest BCUT2D eigenvalue weighted by molar-refractivity contribution is 5.36. The van der Waals surface area contributed by atoms with Gasteiger partial charge in [0.2, 0.25) is 0 Å². The van der Waals surface area contributed by atoms with Crippen LogP contribution in [-0.2, 0) is 0 Å². The van der Waals surface area contributed by atoms with Crippen LogP contribution in [0.5, 0.6) is 5.75 Å². The molecule has 1 aromatic rings. The highest BCUT2D eigenvalue weighted by Gasteiger charge is 2.17. The number of hydrogen-bond acceptors (Lipinski definition) is 3. The van der Waals surface area contributed by atoms with Gasteiger partial charge in [0.05, 0.1) is 6.61 Å². The molecule has 90 valence electrons. The molecular weight excluding hydrogens is 202 g/mol. The third kappa shape index (κ3) is 3.22. The molecule has 0 saturated carbocycles. The molecule has 16 heavy (non-hydrogen) atoms. The van der Waals surface area contributed by atoms with E-state index in [-0.39, 0.29) is 18.8 Å². The molecule has 0 heterocycles. The monoisotopic (exact) mass is 223 g/mol. The Bertz CT molecular complexity index is 339. The van der Waals surface area contributed by atoms with Crippen molar-refractivity contribution in [1.29, 1.82) is 0 Å². The first-order valence-electron chi connectivity index (χ1n) is 5.68. The summed E-state index contributed by atoms with van der Waals surface area (Å²) in [6, 6.07) is 5.89. The molecule has 0 aliphatic rings. The molecule has 0 aromatic heterocycles. The van der Waals surface area contributed by atoms with Gasteiger partial charge in [-0.3, -0.25) is 0 Å². The van der Waals surface area contributed by atoms with Crippen LogP contribution < -0.4 is 10.5 Å². The van der Waals surface area contributed by atoms with Crippen molar-refractivity contribution in [2.24, 2.45) is 5.73 Å². The Morgan fingerprint density at radius 1 is 1.38 bits per heavy atom. The second kappa shape index (κ2) is 5.87. The average Bonchev–Trinajstić information content (AvgIpc) is 2.29. The van der Waals surface area contributed by atoms with Crippen LogP contribution in [0.4, 0.5) is 0 Å². The van der Waals surface area contributed by atoms with E-state index in [1.165, 1.54) is 0 Å². The van der Waals surface area contributed by atoms with E-state index in [1.54, 1.807) is 0 Å². The Morgan fingerprint density at radius 2 is 2.06 bits per heavy atom. The van der Waals surface area contributed by atoms with E-state index < -0.39 is 0 Å². The van der Waals surface area contributed by atoms with Gasteiger partial charge < -0.3 is 15.6 Å². The zero-order valence-electron chi connectivity index (χ0n) is 10.2. The van der Waals surface area contributed by atoms with Crippen LogP contribution in [0.2, 0.25) is 0 Å². The minimum atomic E-state index is -0.328. The predicted molar refractivity (Wildman–Crippen MR) is 65.7 cm³/mol. The Kier molecular flexibility index (Phi) is 4.77. The maximum Gasteiger partial charge on any atom is 0.137 e. The van der Waals surface area contributed by atoms with Gasteiger partial charge in [0.25, 0.3) is 0 Å². The summed E-state index contributed by atoms with van der Waals surface area (Å²) in [6.45, 7) is 5.93. The second-order valence-electron chi connectivity index (χ2n) is 4.18. The summed E-state index contributed by atoms with van der Waals surface area (Å²) in [5.41, 5.74) is 8.08. The van der Waals surface area contributed by atoms with Gasteiger partial charge in [0, 0.05) is 6.04 Å². The Balaban J connectivity index is 2.81. The number of ether oxygens (including phenoxy) is 1. The highest BCUT2D eigenvalue weighted by atomic mass is 16.5. The topological polar surface area (TPSA) is 55.5 Å². The van der Waals surface area contributed by atoms with E-state index in [0.717, 1.165) is 23.3 Å². The van der Waals surface area contributed by atoms with Crippen LogP contribution in [0.15, 0.2) is 18.2 Å². The van der Waals surface area contributed by atoms with Crippen molar-refractivity contribution >= 4 is 0 Å². The molecule has 0 amide bonds. The fourth-order valence-corrected chi connectivity index (χ4v) is 1.52. The summed E-state index contributed by atoms with van der Waals surface area (Å²) in [4.78, 5) is 0. The summed E-state index contributed by atoms with van der Waals surface area (Å²) in [5.74, 6) is 0.808. The van der Waals surface area contributed by atoms with Crippen molar-refractivity contribution < 1.29 is 9.84 Å². The van der Waals surface area contributed by atoms with Crippen molar-refractivity contribution in [3.63, 3.8) is 0 Å². The molecule has 3 heteroatoms. The maximum atomic E-state index is 9.24. The minimum absolute atomic E-state index is 0.0532. The lowest BCUT2D eigenvalue weighted by Gasteiger charge is -2.23. The summed E-state index contributed by atoms with van der Waals surface area (Å²) in [7, 11) is 0. The third-order valence-corrected chi connectivity index (χ3v) is 2.75. The van der Waals surface area contributed by atoms with Crippen LogP contribution in [0.3, 0.4) is 0 Å². The van der Waals surface area contributed by atoms with Gasteiger partial charge in [-0.1, -0.05) is 19.1 Å². The largest absolute Gasteiger partial charge is 0.486 e. The van der Waals surface area contributed by atoms with Gasteiger partial charge in [-0.2, -0.15) is 0 Å². The number of hydrogen-bond donors (Lipinski definition) is 2. The van der Waals surface area contributed by atoms with Gasteiger partial charge in [-0.05, 0) is 37.5 Å². The molecule has 2 atom stereocenters. The van der Waals surface area contributed by atoms with E-state index in [0.29, 0.717) is 0 Å². The third-order valence-electron chi connectivity index (χ3n) is 2.75. The van der Waals surface area contributed by atoms with E-state index in [4.69, 9.17) is 10.5 Å². The molecule has 0 spiro atoms. The second-order valence-corrected chi connectivity index (χ2v) is 4.18. The summed E-state index contributed by atoms with van der Waals surface area (Å²) in [5, 5.41) is 9.24. The Labute approximate surface area is 97.2 Å². The first-order valence-corrected chi connectivity index (χ1v) is 5.68. The molecule has 0 saturated heterocycles. The fraction of sp³-hybridized carbons (Fsp3) is 0.538. The van der Waals surface area contributed by atoms with Crippen LogP contribution in [-0.4, -0.2) is 23.9 Å². The molecule has 2 unspecified atom stereocenters. The van der Waals surface area contributed by atoms with Crippen LogP contribution >= 0.6 is 0 Å². The van der Waals surface area contributed by atoms with Gasteiger partial charge in [0.1, 0.15) is 11.9 Å². The molecule has 0 fully saturated rings. The SMILES string of the molecule is CCC(N)C(CO)Oc1cc(C)ccc1C. The molecule has 0 aliphatic carbocycles.